The van der Waals surface area contributed by atoms with Crippen LogP contribution in [0.15, 0.2) is 53.9 Å². The number of allylic oxidation sites excluding steroid dienone is 2. The van der Waals surface area contributed by atoms with E-state index in [2.05, 4.69) is 29.4 Å². The molecule has 3 aromatic rings. The molecular weight excluding hydrogens is 391 g/mol. The Morgan fingerprint density at radius 1 is 1.07 bits per heavy atom. The van der Waals surface area contributed by atoms with E-state index in [0.717, 1.165) is 40.0 Å². The number of rotatable bonds is 1. The van der Waals surface area contributed by atoms with Crippen LogP contribution < -0.4 is 5.32 Å². The molecule has 154 valence electrons. The van der Waals surface area contributed by atoms with Gasteiger partial charge in [-0.1, -0.05) is 26.0 Å². The van der Waals surface area contributed by atoms with Gasteiger partial charge in [0.15, 0.2) is 5.78 Å². The lowest BCUT2D eigenvalue weighted by molar-refractivity contribution is -0.137. The highest BCUT2D eigenvalue weighted by Gasteiger charge is 2.41. The minimum absolute atomic E-state index is 0.0322. The first kappa shape index (κ1) is 18.9. The molecule has 7 heteroatoms. The largest absolute Gasteiger partial charge is 0.416 e. The van der Waals surface area contributed by atoms with Gasteiger partial charge in [-0.25, -0.2) is 0 Å². The molecule has 0 bridgehead atoms. The number of aromatic amines is 1. The molecule has 2 aromatic carbocycles. The minimum Gasteiger partial charge on any atom is -0.358 e. The number of Topliss-reactive ketones (excluding diaryl/α,β-unsaturated/α-hetero) is 1. The highest BCUT2D eigenvalue weighted by molar-refractivity contribution is 6.04. The van der Waals surface area contributed by atoms with Crippen molar-refractivity contribution in [1.29, 1.82) is 0 Å². The van der Waals surface area contributed by atoms with Crippen LogP contribution in [0.2, 0.25) is 0 Å². The fraction of sp³-hybridized carbons (Fsp3) is 0.304. The van der Waals surface area contributed by atoms with Crippen LogP contribution in [-0.2, 0) is 11.0 Å². The monoisotopic (exact) mass is 411 g/mol. The third kappa shape index (κ3) is 2.91. The fourth-order valence-electron chi connectivity index (χ4n) is 4.75. The Morgan fingerprint density at radius 3 is 2.50 bits per heavy atom. The summed E-state index contributed by atoms with van der Waals surface area (Å²) in [5.74, 6) is -0.409. The van der Waals surface area contributed by atoms with E-state index in [1.807, 2.05) is 12.1 Å². The third-order valence-corrected chi connectivity index (χ3v) is 6.02. The molecule has 0 saturated heterocycles. The van der Waals surface area contributed by atoms with E-state index in [4.69, 9.17) is 0 Å². The maximum Gasteiger partial charge on any atom is 0.416 e. The quantitative estimate of drug-likeness (QED) is 0.534. The van der Waals surface area contributed by atoms with Gasteiger partial charge >= 0.3 is 6.18 Å². The molecule has 1 aromatic heterocycles. The van der Waals surface area contributed by atoms with Gasteiger partial charge in [-0.2, -0.15) is 18.3 Å². The van der Waals surface area contributed by atoms with Crippen LogP contribution in [0.1, 0.15) is 49.3 Å². The van der Waals surface area contributed by atoms with Crippen molar-refractivity contribution in [1.82, 2.24) is 10.2 Å². The molecule has 2 N–H and O–H groups in total. The molecule has 5 rings (SSSR count). The standard InChI is InChI=1S/C23H20F3N3O/c1-22(2)9-17-21(18(30)10-22)19(12-3-5-13(6-4-12)23(24,25)26)20-14-11-27-29-15(14)7-8-16(20)28-17/h3-8,11,19,28H,9-10H2,1-2H3,(H,27,29). The first-order valence-corrected chi connectivity index (χ1v) is 9.80. The van der Waals surface area contributed by atoms with Gasteiger partial charge in [0.25, 0.3) is 0 Å². The van der Waals surface area contributed by atoms with Crippen LogP contribution in [0, 0.1) is 5.41 Å². The number of nitrogens with zero attached hydrogens (tertiary/aromatic N) is 1. The molecule has 2 aliphatic rings. The van der Waals surface area contributed by atoms with E-state index in [9.17, 15) is 18.0 Å². The molecule has 0 radical (unpaired) electrons. The van der Waals surface area contributed by atoms with Crippen molar-refractivity contribution < 1.29 is 18.0 Å². The Kier molecular flexibility index (Phi) is 3.91. The molecule has 0 spiro atoms. The molecule has 1 unspecified atom stereocenters. The van der Waals surface area contributed by atoms with Gasteiger partial charge in [-0.15, -0.1) is 0 Å². The summed E-state index contributed by atoms with van der Waals surface area (Å²) in [6, 6.07) is 8.99. The number of carbonyl (C=O) groups excluding carboxylic acids is 1. The number of benzene rings is 2. The second-order valence-corrected chi connectivity index (χ2v) is 8.87. The first-order chi connectivity index (χ1) is 14.1. The molecule has 0 saturated carbocycles. The fourth-order valence-corrected chi connectivity index (χ4v) is 4.75. The summed E-state index contributed by atoms with van der Waals surface area (Å²) in [6.07, 6.45) is -1.59. The summed E-state index contributed by atoms with van der Waals surface area (Å²) in [7, 11) is 0. The Labute approximate surface area is 171 Å². The van der Waals surface area contributed by atoms with Gasteiger partial charge in [0.1, 0.15) is 0 Å². The van der Waals surface area contributed by atoms with Gasteiger partial charge < -0.3 is 5.32 Å². The zero-order valence-corrected chi connectivity index (χ0v) is 16.5. The van der Waals surface area contributed by atoms with Crippen molar-refractivity contribution in [2.45, 2.75) is 38.8 Å². The molecule has 4 nitrogen and oxygen atoms in total. The topological polar surface area (TPSA) is 57.8 Å². The van der Waals surface area contributed by atoms with E-state index in [0.29, 0.717) is 24.0 Å². The Hall–Kier alpha value is -3.09. The van der Waals surface area contributed by atoms with Gasteiger partial charge in [-0.3, -0.25) is 9.89 Å². The molecule has 30 heavy (non-hydrogen) atoms. The van der Waals surface area contributed by atoms with Crippen molar-refractivity contribution >= 4 is 22.4 Å². The number of halogens is 3. The summed E-state index contributed by atoms with van der Waals surface area (Å²) in [5, 5.41) is 11.4. The SMILES string of the molecule is CC1(C)CC(=O)C2=C(C1)Nc1ccc3[nH]ncc3c1C2c1ccc(C(F)(F)F)cc1. The van der Waals surface area contributed by atoms with Crippen LogP contribution in [-0.4, -0.2) is 16.0 Å². The van der Waals surface area contributed by atoms with Crippen LogP contribution in [0.25, 0.3) is 10.9 Å². The predicted octanol–water partition coefficient (Wildman–Crippen LogP) is 5.78. The molecule has 1 aliphatic carbocycles. The van der Waals surface area contributed by atoms with Crippen molar-refractivity contribution in [2.75, 3.05) is 5.32 Å². The number of hydrogen-bond donors (Lipinski definition) is 2. The van der Waals surface area contributed by atoms with Gasteiger partial charge in [-0.05, 0) is 47.2 Å². The highest BCUT2D eigenvalue weighted by atomic mass is 19.4. The van der Waals surface area contributed by atoms with Crippen molar-refractivity contribution in [3.63, 3.8) is 0 Å². The summed E-state index contributed by atoms with van der Waals surface area (Å²) < 4.78 is 39.3. The summed E-state index contributed by atoms with van der Waals surface area (Å²) in [5.41, 5.74) is 3.84. The van der Waals surface area contributed by atoms with Crippen LogP contribution in [0.4, 0.5) is 18.9 Å². The number of fused-ring (bicyclic) bond motifs is 3. The number of ketones is 1. The number of aromatic nitrogens is 2. The summed E-state index contributed by atoms with van der Waals surface area (Å²) in [4.78, 5) is 13.2. The van der Waals surface area contributed by atoms with E-state index in [1.165, 1.54) is 12.1 Å². The van der Waals surface area contributed by atoms with Crippen molar-refractivity contribution in [2.24, 2.45) is 5.41 Å². The third-order valence-electron chi connectivity index (χ3n) is 6.02. The number of H-pyrrole nitrogens is 1. The van der Waals surface area contributed by atoms with E-state index >= 15 is 0 Å². The smallest absolute Gasteiger partial charge is 0.358 e. The molecule has 0 amide bonds. The van der Waals surface area contributed by atoms with E-state index < -0.39 is 17.7 Å². The average molecular weight is 411 g/mol. The van der Waals surface area contributed by atoms with Crippen LogP contribution >= 0.6 is 0 Å². The van der Waals surface area contributed by atoms with Crippen LogP contribution in [0.5, 0.6) is 0 Å². The molecule has 1 aliphatic heterocycles. The zero-order valence-electron chi connectivity index (χ0n) is 16.5. The Bertz CT molecular complexity index is 1200. The Balaban J connectivity index is 1.74. The number of nitrogens with one attached hydrogen (secondary N) is 2. The lowest BCUT2D eigenvalue weighted by atomic mass is 9.68. The maximum atomic E-state index is 13.2. The highest BCUT2D eigenvalue weighted by Crippen LogP contribution is 2.50. The molecular formula is C23H20F3N3O. The van der Waals surface area contributed by atoms with E-state index in [1.54, 1.807) is 6.20 Å². The van der Waals surface area contributed by atoms with Crippen molar-refractivity contribution in [3.05, 3.63) is 70.6 Å². The molecule has 2 heterocycles. The first-order valence-electron chi connectivity index (χ1n) is 9.80. The van der Waals surface area contributed by atoms with Gasteiger partial charge in [0, 0.05) is 34.7 Å². The number of carbonyl (C=O) groups is 1. The Morgan fingerprint density at radius 2 is 1.80 bits per heavy atom. The molecule has 0 fully saturated rings. The summed E-state index contributed by atoms with van der Waals surface area (Å²) in [6.45, 7) is 4.11. The second-order valence-electron chi connectivity index (χ2n) is 8.87. The number of alkyl halides is 3. The minimum atomic E-state index is -4.41. The zero-order chi connectivity index (χ0) is 21.3. The molecule has 1 atom stereocenters. The maximum absolute atomic E-state index is 13.2. The second kappa shape index (κ2) is 6.20. The van der Waals surface area contributed by atoms with Gasteiger partial charge in [0.2, 0.25) is 0 Å². The van der Waals surface area contributed by atoms with Crippen LogP contribution in [0.3, 0.4) is 0 Å². The summed E-state index contributed by atoms with van der Waals surface area (Å²) >= 11 is 0. The predicted molar refractivity (Wildman–Crippen MR) is 108 cm³/mol. The van der Waals surface area contributed by atoms with Crippen molar-refractivity contribution in [3.8, 4) is 0 Å². The average Bonchev–Trinajstić information content (AvgIpc) is 3.13. The number of hydrogen-bond acceptors (Lipinski definition) is 3. The van der Waals surface area contributed by atoms with Gasteiger partial charge in [0.05, 0.1) is 17.3 Å². The lowest BCUT2D eigenvalue weighted by Crippen LogP contribution is -2.33. The number of anilines is 1. The van der Waals surface area contributed by atoms with E-state index in [-0.39, 0.29) is 11.2 Å². The lowest BCUT2D eigenvalue weighted by Gasteiger charge is -2.39. The normalized spacial score (nSPS) is 20.7.